The van der Waals surface area contributed by atoms with Crippen LogP contribution >= 0.6 is 15.6 Å². The summed E-state index contributed by atoms with van der Waals surface area (Å²) >= 11 is 0. The van der Waals surface area contributed by atoms with Gasteiger partial charge in [-0.15, -0.1) is 0 Å². The van der Waals surface area contributed by atoms with Crippen LogP contribution in [-0.4, -0.2) is 27.8 Å². The Hall–Kier alpha value is -2.02. The molecular formula is C23H31NO7P2. The fourth-order valence-corrected chi connectivity index (χ4v) is 4.58. The van der Waals surface area contributed by atoms with Gasteiger partial charge in [-0.1, -0.05) is 71.8 Å². The summed E-state index contributed by atoms with van der Waals surface area (Å²) in [5.41, 5.74) is 5.70. The van der Waals surface area contributed by atoms with Crippen LogP contribution in [0.4, 0.5) is 5.69 Å². The van der Waals surface area contributed by atoms with Crippen molar-refractivity contribution < 1.29 is 32.6 Å². The smallest absolute Gasteiger partial charge is 0.381 e. The minimum Gasteiger partial charge on any atom is -0.381 e. The van der Waals surface area contributed by atoms with Crippen molar-refractivity contribution in [2.24, 2.45) is 0 Å². The van der Waals surface area contributed by atoms with Crippen LogP contribution in [-0.2, 0) is 24.4 Å². The molecule has 0 spiro atoms. The van der Waals surface area contributed by atoms with E-state index in [0.29, 0.717) is 13.0 Å². The third-order valence-corrected chi connectivity index (χ3v) is 6.87. The van der Waals surface area contributed by atoms with Crippen molar-refractivity contribution in [1.82, 2.24) is 0 Å². The molecule has 0 fully saturated rings. The first-order valence-electron chi connectivity index (χ1n) is 10.5. The van der Waals surface area contributed by atoms with Gasteiger partial charge in [0.1, 0.15) is 0 Å². The van der Waals surface area contributed by atoms with Gasteiger partial charge in [-0.2, -0.15) is 4.31 Å². The summed E-state index contributed by atoms with van der Waals surface area (Å²) in [5, 5.41) is 3.50. The second kappa shape index (κ2) is 13.0. The van der Waals surface area contributed by atoms with E-state index in [0.717, 1.165) is 24.1 Å². The molecule has 0 amide bonds. The normalized spacial score (nSPS) is 14.7. The van der Waals surface area contributed by atoms with E-state index >= 15 is 0 Å². The molecule has 0 aliphatic rings. The molecule has 0 bridgehead atoms. The molecule has 2 aromatic carbocycles. The number of phosphoric ester groups is 1. The topological polar surface area (TPSA) is 125 Å². The molecule has 1 unspecified atom stereocenters. The summed E-state index contributed by atoms with van der Waals surface area (Å²) in [6.07, 6.45) is 6.04. The largest absolute Gasteiger partial charge is 0.481 e. The molecule has 1 atom stereocenters. The van der Waals surface area contributed by atoms with E-state index in [4.69, 9.17) is 9.79 Å². The number of anilines is 1. The van der Waals surface area contributed by atoms with Crippen LogP contribution in [0.3, 0.4) is 0 Å². The van der Waals surface area contributed by atoms with Gasteiger partial charge in [-0.25, -0.2) is 9.13 Å². The molecule has 0 saturated heterocycles. The summed E-state index contributed by atoms with van der Waals surface area (Å²) < 4.78 is 30.3. The molecular weight excluding hydrogens is 464 g/mol. The minimum atomic E-state index is -5.10. The van der Waals surface area contributed by atoms with Crippen molar-refractivity contribution in [3.05, 3.63) is 89.0 Å². The zero-order valence-corrected chi connectivity index (χ0v) is 20.5. The lowest BCUT2D eigenvalue weighted by molar-refractivity contribution is 0.191. The van der Waals surface area contributed by atoms with E-state index in [9.17, 15) is 14.0 Å². The first-order valence-corrected chi connectivity index (χ1v) is 13.5. The van der Waals surface area contributed by atoms with Gasteiger partial charge in [0.25, 0.3) is 0 Å². The fraction of sp³-hybridized carbons (Fsp3) is 0.304. The highest BCUT2D eigenvalue weighted by atomic mass is 31.3. The number of hydrogen-bond acceptors (Lipinski definition) is 5. The lowest BCUT2D eigenvalue weighted by Gasteiger charge is -2.13. The van der Waals surface area contributed by atoms with Crippen LogP contribution in [0.5, 0.6) is 0 Å². The van der Waals surface area contributed by atoms with Gasteiger partial charge in [0, 0.05) is 12.2 Å². The molecule has 0 aliphatic carbocycles. The second-order valence-corrected chi connectivity index (χ2v) is 10.5. The molecule has 33 heavy (non-hydrogen) atoms. The number of nitrogens with one attached hydrogen (secondary N) is 1. The monoisotopic (exact) mass is 495 g/mol. The van der Waals surface area contributed by atoms with Crippen LogP contribution < -0.4 is 5.32 Å². The number of rotatable bonds is 13. The maximum atomic E-state index is 11.4. The van der Waals surface area contributed by atoms with Gasteiger partial charge < -0.3 is 20.0 Å². The second-order valence-electron chi connectivity index (χ2n) is 7.65. The quantitative estimate of drug-likeness (QED) is 0.209. The predicted molar refractivity (Wildman–Crippen MR) is 130 cm³/mol. The van der Waals surface area contributed by atoms with Gasteiger partial charge >= 0.3 is 15.6 Å². The molecule has 2 aromatic rings. The van der Waals surface area contributed by atoms with Crippen LogP contribution in [0.2, 0.25) is 0 Å². The van der Waals surface area contributed by atoms with Crippen LogP contribution in [0.15, 0.2) is 77.9 Å². The molecule has 0 heterocycles. The van der Waals surface area contributed by atoms with E-state index in [1.807, 2.05) is 37.3 Å². The first-order chi connectivity index (χ1) is 15.5. The first kappa shape index (κ1) is 27.2. The molecule has 2 rings (SSSR count). The van der Waals surface area contributed by atoms with Crippen molar-refractivity contribution >= 4 is 21.3 Å². The third-order valence-electron chi connectivity index (χ3n) is 4.72. The minimum absolute atomic E-state index is 0.290. The highest BCUT2D eigenvalue weighted by molar-refractivity contribution is 7.60. The maximum absolute atomic E-state index is 11.4. The van der Waals surface area contributed by atoms with Crippen molar-refractivity contribution in [2.45, 2.75) is 33.1 Å². The van der Waals surface area contributed by atoms with Gasteiger partial charge in [-0.3, -0.25) is 4.52 Å². The van der Waals surface area contributed by atoms with Gasteiger partial charge in [-0.05, 0) is 50.3 Å². The summed E-state index contributed by atoms with van der Waals surface area (Å²) in [6.45, 7) is 4.32. The van der Waals surface area contributed by atoms with E-state index in [1.165, 1.54) is 16.7 Å². The Kier molecular flexibility index (Phi) is 10.7. The van der Waals surface area contributed by atoms with Crippen molar-refractivity contribution in [2.75, 3.05) is 18.5 Å². The highest BCUT2D eigenvalue weighted by Crippen LogP contribution is 2.57. The number of benzene rings is 2. The highest BCUT2D eigenvalue weighted by Gasteiger charge is 2.31. The van der Waals surface area contributed by atoms with E-state index < -0.39 is 15.6 Å². The fourth-order valence-electron chi connectivity index (χ4n) is 3.05. The molecule has 0 aliphatic heterocycles. The number of phosphoric acid groups is 2. The Morgan fingerprint density at radius 2 is 1.61 bits per heavy atom. The Morgan fingerprint density at radius 1 is 0.939 bits per heavy atom. The molecule has 4 N–H and O–H groups in total. The van der Waals surface area contributed by atoms with E-state index in [-0.39, 0.29) is 6.61 Å². The van der Waals surface area contributed by atoms with Gasteiger partial charge in [0.2, 0.25) is 0 Å². The molecule has 0 radical (unpaired) electrons. The van der Waals surface area contributed by atoms with E-state index in [1.54, 1.807) is 6.08 Å². The van der Waals surface area contributed by atoms with Crippen molar-refractivity contribution in [3.8, 4) is 0 Å². The Bertz CT molecular complexity index is 1050. The van der Waals surface area contributed by atoms with Crippen molar-refractivity contribution in [1.29, 1.82) is 0 Å². The van der Waals surface area contributed by atoms with Crippen molar-refractivity contribution in [3.63, 3.8) is 0 Å². The average Bonchev–Trinajstić information content (AvgIpc) is 2.72. The Labute approximate surface area is 194 Å². The lowest BCUT2D eigenvalue weighted by Crippen LogP contribution is -2.05. The molecule has 0 saturated carbocycles. The Balaban J connectivity index is 1.79. The molecule has 0 aromatic heterocycles. The SMILES string of the molecule is C/C(=C\COP(=O)(O)OP(=O)(O)O)CC/C=C(\C)CNc1ccccc1Cc1ccccc1. The summed E-state index contributed by atoms with van der Waals surface area (Å²) in [4.78, 5) is 26.4. The summed E-state index contributed by atoms with van der Waals surface area (Å²) in [6, 6.07) is 18.6. The lowest BCUT2D eigenvalue weighted by atomic mass is 10.0. The third kappa shape index (κ3) is 11.6. The standard InChI is InChI=1S/C23H31NO7P2/c1-19(15-16-30-33(28,29)31-32(25,26)27)9-8-10-20(2)18-24-23-14-7-6-13-22(23)17-21-11-4-3-5-12-21/h3-7,10-15,24H,8-9,16-18H2,1-2H3,(H,28,29)(H2,25,26,27)/b19-15+,20-10+. The average molecular weight is 495 g/mol. The van der Waals surface area contributed by atoms with Crippen LogP contribution in [0.25, 0.3) is 0 Å². The number of hydrogen-bond donors (Lipinski definition) is 4. The summed E-state index contributed by atoms with van der Waals surface area (Å²) in [7, 11) is -9.91. The number of para-hydroxylation sites is 1. The zero-order valence-electron chi connectivity index (χ0n) is 18.8. The van der Waals surface area contributed by atoms with E-state index in [2.05, 4.69) is 51.4 Å². The van der Waals surface area contributed by atoms with Crippen LogP contribution in [0, 0.1) is 0 Å². The molecule has 180 valence electrons. The summed E-state index contributed by atoms with van der Waals surface area (Å²) in [5.74, 6) is 0. The predicted octanol–water partition coefficient (Wildman–Crippen LogP) is 5.59. The maximum Gasteiger partial charge on any atom is 0.481 e. The number of allylic oxidation sites excluding steroid dienone is 2. The molecule has 10 heteroatoms. The zero-order chi connectivity index (χ0) is 24.3. The Morgan fingerprint density at radius 3 is 2.30 bits per heavy atom. The van der Waals surface area contributed by atoms with Gasteiger partial charge in [0.05, 0.1) is 6.61 Å². The van der Waals surface area contributed by atoms with Gasteiger partial charge in [0.15, 0.2) is 0 Å². The molecule has 8 nitrogen and oxygen atoms in total. The van der Waals surface area contributed by atoms with Crippen LogP contribution in [0.1, 0.15) is 37.8 Å².